The molecule has 1 saturated carbocycles. The maximum atomic E-state index is 11.7. The quantitative estimate of drug-likeness (QED) is 0.814. The topological polar surface area (TPSA) is 55.8 Å². The van der Waals surface area contributed by atoms with E-state index >= 15 is 0 Å². The first-order chi connectivity index (χ1) is 10.1. The molecular formula is C16H29N3O2. The third-order valence-electron chi connectivity index (χ3n) is 6.11. The van der Waals surface area contributed by atoms with Crippen molar-refractivity contribution in [3.05, 3.63) is 0 Å². The lowest BCUT2D eigenvalue weighted by molar-refractivity contribution is -0.144. The standard InChI is InChI=1S/C16H29N3O2/c1-3-17-16(15(20)21)8-6-13(10-16)19-9-7-12-4-5-14(11-19)18(12)2/h12-14,17H,3-11H2,1-2H3,(H,20,21). The number of likely N-dealkylation sites (N-methyl/N-ethyl adjacent to an activating group) is 2. The summed E-state index contributed by atoms with van der Waals surface area (Å²) < 4.78 is 0. The fraction of sp³-hybridized carbons (Fsp3) is 0.938. The highest BCUT2D eigenvalue weighted by Gasteiger charge is 2.47. The van der Waals surface area contributed by atoms with Gasteiger partial charge in [0.15, 0.2) is 0 Å². The first-order valence-corrected chi connectivity index (χ1v) is 8.50. The smallest absolute Gasteiger partial charge is 0.323 e. The van der Waals surface area contributed by atoms with Crippen molar-refractivity contribution < 1.29 is 9.90 Å². The predicted octanol–water partition coefficient (Wildman–Crippen LogP) is 1.14. The van der Waals surface area contributed by atoms with Crippen molar-refractivity contribution in [3.8, 4) is 0 Å². The minimum absolute atomic E-state index is 0.438. The number of hydrogen-bond donors (Lipinski definition) is 2. The highest BCUT2D eigenvalue weighted by Crippen LogP contribution is 2.36. The van der Waals surface area contributed by atoms with E-state index in [0.29, 0.717) is 12.1 Å². The van der Waals surface area contributed by atoms with Gasteiger partial charge in [-0.2, -0.15) is 0 Å². The van der Waals surface area contributed by atoms with Gasteiger partial charge in [0, 0.05) is 24.7 Å². The lowest BCUT2D eigenvalue weighted by Gasteiger charge is -2.32. The number of aliphatic carboxylic acids is 1. The van der Waals surface area contributed by atoms with Gasteiger partial charge in [-0.3, -0.25) is 14.6 Å². The molecule has 0 spiro atoms. The summed E-state index contributed by atoms with van der Waals surface area (Å²) in [7, 11) is 2.26. The SMILES string of the molecule is CCNC1(C(=O)O)CCC(N2CCC3CCC(C2)N3C)C1. The molecule has 4 unspecified atom stereocenters. The Bertz CT molecular complexity index is 403. The van der Waals surface area contributed by atoms with Crippen LogP contribution in [-0.4, -0.2) is 71.2 Å². The molecule has 0 aromatic rings. The molecule has 0 amide bonds. The second kappa shape index (κ2) is 5.86. The van der Waals surface area contributed by atoms with Crippen LogP contribution in [0.4, 0.5) is 0 Å². The maximum Gasteiger partial charge on any atom is 0.323 e. The predicted molar refractivity (Wildman–Crippen MR) is 82.4 cm³/mol. The lowest BCUT2D eigenvalue weighted by atomic mass is 9.97. The minimum atomic E-state index is -0.684. The number of hydrogen-bond acceptors (Lipinski definition) is 4. The number of carboxylic acid groups (broad SMARTS) is 1. The molecule has 0 aromatic carbocycles. The van der Waals surface area contributed by atoms with Gasteiger partial charge in [-0.05, 0) is 58.7 Å². The average molecular weight is 295 g/mol. The van der Waals surface area contributed by atoms with Gasteiger partial charge in [-0.15, -0.1) is 0 Å². The fourth-order valence-corrected chi connectivity index (χ4v) is 4.77. The Hall–Kier alpha value is -0.650. The zero-order valence-electron chi connectivity index (χ0n) is 13.3. The van der Waals surface area contributed by atoms with Crippen LogP contribution in [0.3, 0.4) is 0 Å². The summed E-state index contributed by atoms with van der Waals surface area (Å²) in [4.78, 5) is 16.8. The minimum Gasteiger partial charge on any atom is -0.480 e. The van der Waals surface area contributed by atoms with E-state index in [1.807, 2.05) is 6.92 Å². The van der Waals surface area contributed by atoms with Gasteiger partial charge in [-0.25, -0.2) is 0 Å². The van der Waals surface area contributed by atoms with Crippen LogP contribution in [0.5, 0.6) is 0 Å². The summed E-state index contributed by atoms with van der Waals surface area (Å²) in [6, 6.07) is 1.86. The van der Waals surface area contributed by atoms with Crippen molar-refractivity contribution in [2.24, 2.45) is 0 Å². The number of carbonyl (C=O) groups is 1. The van der Waals surface area contributed by atoms with Crippen LogP contribution in [0, 0.1) is 0 Å². The summed E-state index contributed by atoms with van der Waals surface area (Å²) in [5.74, 6) is -0.666. The maximum absolute atomic E-state index is 11.7. The number of likely N-dealkylation sites (tertiary alicyclic amines) is 1. The molecule has 5 nitrogen and oxygen atoms in total. The van der Waals surface area contributed by atoms with Crippen LogP contribution in [-0.2, 0) is 4.79 Å². The summed E-state index contributed by atoms with van der Waals surface area (Å²) in [6.45, 7) is 4.99. The van der Waals surface area contributed by atoms with Gasteiger partial charge in [0.05, 0.1) is 0 Å². The third kappa shape index (κ3) is 2.71. The molecule has 1 aliphatic carbocycles. The molecule has 21 heavy (non-hydrogen) atoms. The molecule has 2 N–H and O–H groups in total. The number of rotatable bonds is 4. The van der Waals surface area contributed by atoms with Crippen molar-refractivity contribution in [3.63, 3.8) is 0 Å². The molecule has 4 atom stereocenters. The zero-order valence-corrected chi connectivity index (χ0v) is 13.3. The Morgan fingerprint density at radius 3 is 2.71 bits per heavy atom. The van der Waals surface area contributed by atoms with Crippen molar-refractivity contribution in [1.29, 1.82) is 0 Å². The van der Waals surface area contributed by atoms with Crippen molar-refractivity contribution in [1.82, 2.24) is 15.1 Å². The molecule has 0 aromatic heterocycles. The monoisotopic (exact) mass is 295 g/mol. The Kier molecular flexibility index (Phi) is 4.26. The first-order valence-electron chi connectivity index (χ1n) is 8.50. The van der Waals surface area contributed by atoms with Crippen molar-refractivity contribution in [2.45, 2.75) is 69.1 Å². The molecule has 2 bridgehead atoms. The Morgan fingerprint density at radius 1 is 1.24 bits per heavy atom. The normalized spacial score (nSPS) is 41.3. The summed E-state index contributed by atoms with van der Waals surface area (Å²) in [6.07, 6.45) is 6.43. The highest BCUT2D eigenvalue weighted by molar-refractivity contribution is 5.79. The molecule has 2 aliphatic heterocycles. The molecule has 2 heterocycles. The van der Waals surface area contributed by atoms with Crippen LogP contribution < -0.4 is 5.32 Å². The second-order valence-corrected chi connectivity index (χ2v) is 7.15. The van der Waals surface area contributed by atoms with Crippen molar-refractivity contribution >= 4 is 5.97 Å². The van der Waals surface area contributed by atoms with Crippen LogP contribution in [0.2, 0.25) is 0 Å². The van der Waals surface area contributed by atoms with E-state index in [9.17, 15) is 9.90 Å². The largest absolute Gasteiger partial charge is 0.480 e. The average Bonchev–Trinajstić information content (AvgIpc) is 2.94. The van der Waals surface area contributed by atoms with E-state index < -0.39 is 11.5 Å². The van der Waals surface area contributed by atoms with E-state index in [-0.39, 0.29) is 0 Å². The Balaban J connectivity index is 1.67. The molecule has 3 aliphatic rings. The van der Waals surface area contributed by atoms with Gasteiger partial charge in [-0.1, -0.05) is 6.92 Å². The van der Waals surface area contributed by atoms with E-state index in [0.717, 1.165) is 44.9 Å². The van der Waals surface area contributed by atoms with Gasteiger partial charge in [0.1, 0.15) is 5.54 Å². The summed E-state index contributed by atoms with van der Waals surface area (Å²) in [5.41, 5.74) is -0.684. The second-order valence-electron chi connectivity index (χ2n) is 7.15. The van der Waals surface area contributed by atoms with Crippen LogP contribution in [0.25, 0.3) is 0 Å². The number of fused-ring (bicyclic) bond motifs is 2. The molecule has 0 radical (unpaired) electrons. The Morgan fingerprint density at radius 2 is 2.00 bits per heavy atom. The number of nitrogens with zero attached hydrogens (tertiary/aromatic N) is 2. The molecule has 5 heteroatoms. The van der Waals surface area contributed by atoms with Crippen LogP contribution in [0.15, 0.2) is 0 Å². The first kappa shape index (κ1) is 15.3. The van der Waals surface area contributed by atoms with Crippen molar-refractivity contribution in [2.75, 3.05) is 26.7 Å². The van der Waals surface area contributed by atoms with E-state index in [2.05, 4.69) is 22.2 Å². The number of carboxylic acids is 1. The lowest BCUT2D eigenvalue weighted by Crippen LogP contribution is -2.51. The van der Waals surface area contributed by atoms with Gasteiger partial charge < -0.3 is 10.4 Å². The number of nitrogens with one attached hydrogen (secondary N) is 1. The van der Waals surface area contributed by atoms with Gasteiger partial charge in [0.25, 0.3) is 0 Å². The Labute approximate surface area is 127 Å². The molecular weight excluding hydrogens is 266 g/mol. The molecule has 2 saturated heterocycles. The third-order valence-corrected chi connectivity index (χ3v) is 6.11. The van der Waals surface area contributed by atoms with E-state index in [1.165, 1.54) is 19.3 Å². The van der Waals surface area contributed by atoms with Gasteiger partial charge >= 0.3 is 5.97 Å². The molecule has 3 rings (SSSR count). The summed E-state index contributed by atoms with van der Waals surface area (Å²) >= 11 is 0. The zero-order chi connectivity index (χ0) is 15.0. The van der Waals surface area contributed by atoms with Crippen LogP contribution >= 0.6 is 0 Å². The molecule has 120 valence electrons. The summed E-state index contributed by atoms with van der Waals surface area (Å²) in [5, 5.41) is 12.9. The van der Waals surface area contributed by atoms with E-state index in [4.69, 9.17) is 0 Å². The molecule has 3 fully saturated rings. The highest BCUT2D eigenvalue weighted by atomic mass is 16.4. The van der Waals surface area contributed by atoms with Crippen LogP contribution in [0.1, 0.15) is 45.4 Å². The fourth-order valence-electron chi connectivity index (χ4n) is 4.77. The van der Waals surface area contributed by atoms with Gasteiger partial charge in [0.2, 0.25) is 0 Å². The van der Waals surface area contributed by atoms with E-state index in [1.54, 1.807) is 0 Å².